The largest absolute Gasteiger partial charge is 0.478 e. The lowest BCUT2D eigenvalue weighted by Gasteiger charge is -2.10. The van der Waals surface area contributed by atoms with Crippen molar-refractivity contribution in [2.45, 2.75) is 0 Å². The Morgan fingerprint density at radius 1 is 1.42 bits per heavy atom. The van der Waals surface area contributed by atoms with Gasteiger partial charge in [-0.3, -0.25) is 0 Å². The molecular weight excluding hydrogens is 244 g/mol. The van der Waals surface area contributed by atoms with Crippen LogP contribution in [-0.2, 0) is 0 Å². The van der Waals surface area contributed by atoms with Crippen LogP contribution in [0.4, 0.5) is 17.2 Å². The summed E-state index contributed by atoms with van der Waals surface area (Å²) in [6.07, 6.45) is 1.35. The zero-order valence-corrected chi connectivity index (χ0v) is 9.79. The number of nitrogens with two attached hydrogens (primary N) is 1. The van der Waals surface area contributed by atoms with Gasteiger partial charge in [0.05, 0.1) is 23.1 Å². The lowest BCUT2D eigenvalue weighted by atomic mass is 10.2. The molecule has 1 heterocycles. The standard InChI is InChI=1S/C13H10N4O2/c14-6-8-3-1-2-4-11(8)17-12-10(13(18)19)5-9(15)7-16-12/h1-5,7H,15H2,(H,16,17)(H,18,19). The summed E-state index contributed by atoms with van der Waals surface area (Å²) in [6, 6.07) is 10.1. The molecule has 0 radical (unpaired) electrons. The second-order valence-corrected chi connectivity index (χ2v) is 3.75. The lowest BCUT2D eigenvalue weighted by Crippen LogP contribution is -2.06. The van der Waals surface area contributed by atoms with Gasteiger partial charge in [-0.15, -0.1) is 0 Å². The van der Waals surface area contributed by atoms with Crippen LogP contribution in [0.3, 0.4) is 0 Å². The van der Waals surface area contributed by atoms with Crippen LogP contribution in [0.1, 0.15) is 15.9 Å². The summed E-state index contributed by atoms with van der Waals surface area (Å²) < 4.78 is 0. The molecule has 0 fully saturated rings. The van der Waals surface area contributed by atoms with Gasteiger partial charge in [0.15, 0.2) is 0 Å². The van der Waals surface area contributed by atoms with Gasteiger partial charge in [-0.2, -0.15) is 5.26 Å². The SMILES string of the molecule is N#Cc1ccccc1Nc1ncc(N)cc1C(=O)O. The lowest BCUT2D eigenvalue weighted by molar-refractivity contribution is 0.0697. The number of nitriles is 1. The molecule has 0 atom stereocenters. The van der Waals surface area contributed by atoms with Crippen molar-refractivity contribution in [2.75, 3.05) is 11.1 Å². The number of benzene rings is 1. The Morgan fingerprint density at radius 3 is 2.84 bits per heavy atom. The number of nitrogen functional groups attached to an aromatic ring is 1. The van der Waals surface area contributed by atoms with Gasteiger partial charge >= 0.3 is 5.97 Å². The highest BCUT2D eigenvalue weighted by Gasteiger charge is 2.13. The van der Waals surface area contributed by atoms with Gasteiger partial charge in [0, 0.05) is 0 Å². The number of hydrogen-bond acceptors (Lipinski definition) is 5. The Labute approximate surface area is 109 Å². The van der Waals surface area contributed by atoms with E-state index in [9.17, 15) is 4.79 Å². The smallest absolute Gasteiger partial charge is 0.339 e. The van der Waals surface area contributed by atoms with E-state index in [0.29, 0.717) is 11.3 Å². The first-order valence-corrected chi connectivity index (χ1v) is 5.37. The molecule has 0 bridgehead atoms. The molecule has 2 rings (SSSR count). The van der Waals surface area contributed by atoms with Crippen LogP contribution >= 0.6 is 0 Å². The number of nitrogens with zero attached hydrogens (tertiary/aromatic N) is 2. The quantitative estimate of drug-likeness (QED) is 0.772. The van der Waals surface area contributed by atoms with E-state index < -0.39 is 5.97 Å². The molecule has 0 saturated heterocycles. The Bertz CT molecular complexity index is 677. The maximum Gasteiger partial charge on any atom is 0.339 e. The highest BCUT2D eigenvalue weighted by atomic mass is 16.4. The average Bonchev–Trinajstić information content (AvgIpc) is 2.41. The van der Waals surface area contributed by atoms with Crippen LogP contribution in [0.5, 0.6) is 0 Å². The van der Waals surface area contributed by atoms with Crippen LogP contribution in [0, 0.1) is 11.3 Å². The van der Waals surface area contributed by atoms with Crippen LogP contribution in [0.15, 0.2) is 36.5 Å². The Kier molecular flexibility index (Phi) is 3.30. The molecule has 0 aliphatic heterocycles. The van der Waals surface area contributed by atoms with Crippen LogP contribution in [0.2, 0.25) is 0 Å². The first-order valence-electron chi connectivity index (χ1n) is 5.37. The zero-order chi connectivity index (χ0) is 13.8. The van der Waals surface area contributed by atoms with Crippen LogP contribution in [-0.4, -0.2) is 16.1 Å². The minimum Gasteiger partial charge on any atom is -0.478 e. The van der Waals surface area contributed by atoms with E-state index >= 15 is 0 Å². The number of carboxylic acids is 1. The maximum absolute atomic E-state index is 11.1. The van der Waals surface area contributed by atoms with Crippen molar-refractivity contribution in [3.05, 3.63) is 47.7 Å². The fraction of sp³-hybridized carbons (Fsp3) is 0. The second kappa shape index (κ2) is 5.06. The van der Waals surface area contributed by atoms with E-state index in [1.165, 1.54) is 12.3 Å². The van der Waals surface area contributed by atoms with Crippen molar-refractivity contribution < 1.29 is 9.90 Å². The molecule has 0 aliphatic carbocycles. The van der Waals surface area contributed by atoms with Gasteiger partial charge in [0.2, 0.25) is 0 Å². The first kappa shape index (κ1) is 12.4. The average molecular weight is 254 g/mol. The number of pyridine rings is 1. The summed E-state index contributed by atoms with van der Waals surface area (Å²) in [5, 5.41) is 20.9. The molecule has 6 nitrogen and oxygen atoms in total. The van der Waals surface area contributed by atoms with Gasteiger partial charge in [-0.05, 0) is 18.2 Å². The number of carbonyl (C=O) groups is 1. The number of rotatable bonds is 3. The number of hydrogen-bond donors (Lipinski definition) is 3. The van der Waals surface area contributed by atoms with Crippen molar-refractivity contribution in [1.82, 2.24) is 4.98 Å². The minimum absolute atomic E-state index is 0.0484. The molecule has 4 N–H and O–H groups in total. The summed E-state index contributed by atoms with van der Waals surface area (Å²) in [5.74, 6) is -0.999. The van der Waals surface area contributed by atoms with Crippen LogP contribution in [0.25, 0.3) is 0 Å². The molecule has 6 heteroatoms. The number of aromatic carboxylic acids is 1. The summed E-state index contributed by atoms with van der Waals surface area (Å²) >= 11 is 0. The number of nitrogens with one attached hydrogen (secondary N) is 1. The third kappa shape index (κ3) is 2.61. The number of aromatic nitrogens is 1. The molecule has 0 unspecified atom stereocenters. The van der Waals surface area contributed by atoms with E-state index in [-0.39, 0.29) is 17.1 Å². The molecule has 1 aromatic heterocycles. The van der Waals surface area contributed by atoms with E-state index in [1.807, 2.05) is 6.07 Å². The molecule has 0 spiro atoms. The summed E-state index contributed by atoms with van der Waals surface area (Å²) in [5.41, 5.74) is 6.61. The van der Waals surface area contributed by atoms with Crippen molar-refractivity contribution in [3.8, 4) is 6.07 Å². The Hall–Kier alpha value is -3.07. The van der Waals surface area contributed by atoms with E-state index in [1.54, 1.807) is 24.3 Å². The van der Waals surface area contributed by atoms with Crippen molar-refractivity contribution >= 4 is 23.2 Å². The fourth-order valence-corrected chi connectivity index (χ4v) is 1.56. The summed E-state index contributed by atoms with van der Waals surface area (Å²) in [7, 11) is 0. The highest BCUT2D eigenvalue weighted by Crippen LogP contribution is 2.22. The van der Waals surface area contributed by atoms with Crippen molar-refractivity contribution in [2.24, 2.45) is 0 Å². The predicted octanol–water partition coefficient (Wildman–Crippen LogP) is 1.98. The molecule has 94 valence electrons. The van der Waals surface area contributed by atoms with Gasteiger partial charge in [-0.1, -0.05) is 12.1 Å². The highest BCUT2D eigenvalue weighted by molar-refractivity contribution is 5.95. The third-order valence-corrected chi connectivity index (χ3v) is 2.44. The van der Waals surface area contributed by atoms with Crippen molar-refractivity contribution in [3.63, 3.8) is 0 Å². The Balaban J connectivity index is 2.44. The predicted molar refractivity (Wildman–Crippen MR) is 70.0 cm³/mol. The zero-order valence-electron chi connectivity index (χ0n) is 9.79. The Morgan fingerprint density at radius 2 is 2.16 bits per heavy atom. The third-order valence-electron chi connectivity index (χ3n) is 2.44. The van der Waals surface area contributed by atoms with E-state index in [2.05, 4.69) is 10.3 Å². The molecule has 0 saturated carbocycles. The first-order chi connectivity index (χ1) is 9.11. The molecule has 0 aliphatic rings. The van der Waals surface area contributed by atoms with Gasteiger partial charge < -0.3 is 16.2 Å². The molecule has 19 heavy (non-hydrogen) atoms. The number of carboxylic acid groups (broad SMARTS) is 1. The molecule has 0 amide bonds. The topological polar surface area (TPSA) is 112 Å². The molecule has 2 aromatic rings. The number of anilines is 3. The maximum atomic E-state index is 11.1. The fourth-order valence-electron chi connectivity index (χ4n) is 1.56. The minimum atomic E-state index is -1.14. The van der Waals surface area contributed by atoms with Gasteiger partial charge in [0.25, 0.3) is 0 Å². The van der Waals surface area contributed by atoms with Crippen molar-refractivity contribution in [1.29, 1.82) is 5.26 Å². The van der Waals surface area contributed by atoms with E-state index in [0.717, 1.165) is 0 Å². The molecular formula is C13H10N4O2. The number of para-hydroxylation sites is 1. The van der Waals surface area contributed by atoms with Gasteiger partial charge in [0.1, 0.15) is 17.5 Å². The van der Waals surface area contributed by atoms with Crippen LogP contribution < -0.4 is 11.1 Å². The second-order valence-electron chi connectivity index (χ2n) is 3.75. The normalized spacial score (nSPS) is 9.63. The van der Waals surface area contributed by atoms with E-state index in [4.69, 9.17) is 16.1 Å². The monoisotopic (exact) mass is 254 g/mol. The summed E-state index contributed by atoms with van der Waals surface area (Å²) in [4.78, 5) is 15.1. The summed E-state index contributed by atoms with van der Waals surface area (Å²) in [6.45, 7) is 0. The van der Waals surface area contributed by atoms with Gasteiger partial charge in [-0.25, -0.2) is 9.78 Å². The molecule has 1 aromatic carbocycles.